The molecule has 0 aliphatic carbocycles. The predicted octanol–water partition coefficient (Wildman–Crippen LogP) is 12.7. The molecule has 2 nitrogen and oxygen atoms in total. The third-order valence-electron chi connectivity index (χ3n) is 9.00. The molecule has 9 rings (SSSR count). The van der Waals surface area contributed by atoms with Crippen molar-refractivity contribution in [2.24, 2.45) is 0 Å². The molecule has 0 aliphatic heterocycles. The van der Waals surface area contributed by atoms with Crippen LogP contribution >= 0.6 is 0 Å². The lowest BCUT2D eigenvalue weighted by Crippen LogP contribution is -2.10. The molecule has 46 heavy (non-hydrogen) atoms. The summed E-state index contributed by atoms with van der Waals surface area (Å²) in [7, 11) is 0. The molecular formula is C44H29NO. The number of hydrogen-bond acceptors (Lipinski definition) is 2. The summed E-state index contributed by atoms with van der Waals surface area (Å²) in [6, 6.07) is 62.8. The van der Waals surface area contributed by atoms with Gasteiger partial charge >= 0.3 is 0 Å². The quantitative estimate of drug-likeness (QED) is 0.199. The molecule has 0 radical (unpaired) electrons. The van der Waals surface area contributed by atoms with Gasteiger partial charge in [-0.25, -0.2) is 0 Å². The average Bonchev–Trinajstić information content (AvgIpc) is 3.48. The van der Waals surface area contributed by atoms with E-state index in [9.17, 15) is 0 Å². The van der Waals surface area contributed by atoms with Gasteiger partial charge in [-0.15, -0.1) is 0 Å². The van der Waals surface area contributed by atoms with Crippen molar-refractivity contribution in [1.82, 2.24) is 0 Å². The van der Waals surface area contributed by atoms with Gasteiger partial charge in [-0.05, 0) is 98.4 Å². The van der Waals surface area contributed by atoms with Crippen molar-refractivity contribution in [3.8, 4) is 22.3 Å². The fraction of sp³-hybridized carbons (Fsp3) is 0. The van der Waals surface area contributed by atoms with E-state index in [-0.39, 0.29) is 0 Å². The first-order chi connectivity index (χ1) is 22.8. The molecule has 8 aromatic carbocycles. The number of nitrogens with zero attached hydrogens (tertiary/aromatic N) is 1. The van der Waals surface area contributed by atoms with Crippen LogP contribution in [0.1, 0.15) is 0 Å². The largest absolute Gasteiger partial charge is 0.456 e. The van der Waals surface area contributed by atoms with Crippen molar-refractivity contribution in [2.75, 3.05) is 4.90 Å². The molecule has 0 saturated carbocycles. The van der Waals surface area contributed by atoms with E-state index < -0.39 is 0 Å². The van der Waals surface area contributed by atoms with Gasteiger partial charge in [0.25, 0.3) is 0 Å². The van der Waals surface area contributed by atoms with Gasteiger partial charge in [0.1, 0.15) is 11.2 Å². The zero-order valence-corrected chi connectivity index (χ0v) is 25.1. The Bertz CT molecular complexity index is 2530. The molecule has 0 amide bonds. The Kier molecular flexibility index (Phi) is 6.17. The highest BCUT2D eigenvalue weighted by atomic mass is 16.3. The van der Waals surface area contributed by atoms with E-state index in [0.717, 1.165) is 39.0 Å². The summed E-state index contributed by atoms with van der Waals surface area (Å²) in [5, 5.41) is 7.13. The minimum atomic E-state index is 0.874. The average molecular weight is 588 g/mol. The summed E-state index contributed by atoms with van der Waals surface area (Å²) >= 11 is 0. The lowest BCUT2D eigenvalue weighted by molar-refractivity contribution is 0.669. The zero-order chi connectivity index (χ0) is 30.5. The number of furan rings is 1. The standard InChI is InChI=1S/C44H29NO/c1-2-9-30(10-3-1)32-19-21-38(22-20-32)45(39-16-8-15-34(26-39)37-18-17-31-11-4-5-12-33(31)25-37)40-23-24-41-42-27-35-13-6-7-14-36(35)28-43(42)46-44(41)29-40/h1-29H. The Morgan fingerprint density at radius 3 is 1.67 bits per heavy atom. The number of hydrogen-bond donors (Lipinski definition) is 0. The maximum absolute atomic E-state index is 6.51. The third-order valence-corrected chi connectivity index (χ3v) is 9.00. The van der Waals surface area contributed by atoms with Gasteiger partial charge in [0.05, 0.1) is 0 Å². The van der Waals surface area contributed by atoms with Crippen LogP contribution in [0.4, 0.5) is 17.1 Å². The van der Waals surface area contributed by atoms with Gasteiger partial charge in [-0.2, -0.15) is 0 Å². The number of anilines is 3. The Hall–Kier alpha value is -6.12. The molecule has 1 aromatic heterocycles. The number of fused-ring (bicyclic) bond motifs is 5. The van der Waals surface area contributed by atoms with Gasteiger partial charge in [-0.3, -0.25) is 0 Å². The zero-order valence-electron chi connectivity index (χ0n) is 25.1. The van der Waals surface area contributed by atoms with Crippen molar-refractivity contribution in [1.29, 1.82) is 0 Å². The van der Waals surface area contributed by atoms with Crippen molar-refractivity contribution in [3.63, 3.8) is 0 Å². The highest BCUT2D eigenvalue weighted by Gasteiger charge is 2.17. The maximum atomic E-state index is 6.51. The van der Waals surface area contributed by atoms with E-state index in [1.54, 1.807) is 0 Å². The Morgan fingerprint density at radius 1 is 0.304 bits per heavy atom. The summed E-state index contributed by atoms with van der Waals surface area (Å²) in [6.45, 7) is 0. The van der Waals surface area contributed by atoms with Crippen LogP contribution in [0, 0.1) is 0 Å². The second-order valence-corrected chi connectivity index (χ2v) is 11.8. The van der Waals surface area contributed by atoms with E-state index >= 15 is 0 Å². The molecule has 0 unspecified atom stereocenters. The fourth-order valence-electron chi connectivity index (χ4n) is 6.66. The summed E-state index contributed by atoms with van der Waals surface area (Å²) in [4.78, 5) is 2.32. The summed E-state index contributed by atoms with van der Waals surface area (Å²) in [5.41, 5.74) is 9.74. The molecule has 2 heteroatoms. The topological polar surface area (TPSA) is 16.4 Å². The summed E-state index contributed by atoms with van der Waals surface area (Å²) < 4.78 is 6.51. The third kappa shape index (κ3) is 4.60. The van der Waals surface area contributed by atoms with Gasteiger partial charge in [0.15, 0.2) is 0 Å². The molecule has 0 fully saturated rings. The fourth-order valence-corrected chi connectivity index (χ4v) is 6.66. The van der Waals surface area contributed by atoms with E-state index in [1.165, 1.54) is 43.8 Å². The molecule has 0 spiro atoms. The lowest BCUT2D eigenvalue weighted by Gasteiger charge is -2.26. The predicted molar refractivity (Wildman–Crippen MR) is 194 cm³/mol. The Labute approximate surface area is 267 Å². The van der Waals surface area contributed by atoms with Crippen molar-refractivity contribution < 1.29 is 4.42 Å². The van der Waals surface area contributed by atoms with Gasteiger partial charge in [0, 0.05) is 33.9 Å². The highest BCUT2D eigenvalue weighted by molar-refractivity contribution is 6.10. The van der Waals surface area contributed by atoms with E-state index in [2.05, 4.69) is 181 Å². The van der Waals surface area contributed by atoms with Crippen LogP contribution in [0.15, 0.2) is 180 Å². The van der Waals surface area contributed by atoms with Crippen molar-refractivity contribution >= 4 is 60.5 Å². The maximum Gasteiger partial charge on any atom is 0.137 e. The van der Waals surface area contributed by atoms with Crippen LogP contribution in [0.5, 0.6) is 0 Å². The number of rotatable bonds is 5. The van der Waals surface area contributed by atoms with Crippen molar-refractivity contribution in [3.05, 3.63) is 176 Å². The summed E-state index contributed by atoms with van der Waals surface area (Å²) in [6.07, 6.45) is 0. The smallest absolute Gasteiger partial charge is 0.137 e. The van der Waals surface area contributed by atoms with Crippen LogP contribution in [0.3, 0.4) is 0 Å². The highest BCUT2D eigenvalue weighted by Crippen LogP contribution is 2.41. The normalized spacial score (nSPS) is 11.5. The molecule has 1 heterocycles. The monoisotopic (exact) mass is 587 g/mol. The van der Waals surface area contributed by atoms with Crippen LogP contribution in [0.2, 0.25) is 0 Å². The number of benzene rings is 8. The Balaban J connectivity index is 1.19. The van der Waals surface area contributed by atoms with Crippen LogP contribution in [0.25, 0.3) is 65.7 Å². The van der Waals surface area contributed by atoms with Crippen LogP contribution < -0.4 is 4.90 Å². The van der Waals surface area contributed by atoms with Crippen LogP contribution in [-0.4, -0.2) is 0 Å². The van der Waals surface area contributed by atoms with E-state index in [4.69, 9.17) is 4.42 Å². The van der Waals surface area contributed by atoms with Crippen molar-refractivity contribution in [2.45, 2.75) is 0 Å². The molecule has 0 saturated heterocycles. The van der Waals surface area contributed by atoms with E-state index in [0.29, 0.717) is 0 Å². The molecule has 9 aromatic rings. The second kappa shape index (κ2) is 10.8. The first-order valence-electron chi connectivity index (χ1n) is 15.7. The molecule has 0 N–H and O–H groups in total. The van der Waals surface area contributed by atoms with Crippen LogP contribution in [-0.2, 0) is 0 Å². The molecule has 0 atom stereocenters. The Morgan fingerprint density at radius 2 is 0.870 bits per heavy atom. The first-order valence-corrected chi connectivity index (χ1v) is 15.7. The van der Waals surface area contributed by atoms with E-state index in [1.807, 2.05) is 0 Å². The molecule has 0 bridgehead atoms. The first kappa shape index (κ1) is 26.3. The molecular weight excluding hydrogens is 558 g/mol. The lowest BCUT2D eigenvalue weighted by atomic mass is 10.00. The second-order valence-electron chi connectivity index (χ2n) is 11.8. The SMILES string of the molecule is c1ccc(-c2ccc(N(c3cccc(-c4ccc5ccccc5c4)c3)c3ccc4c(c3)oc3cc5ccccc5cc34)cc2)cc1. The minimum Gasteiger partial charge on any atom is -0.456 e. The van der Waals surface area contributed by atoms with Gasteiger partial charge < -0.3 is 9.32 Å². The minimum absolute atomic E-state index is 0.874. The molecule has 0 aliphatic rings. The molecule has 216 valence electrons. The van der Waals surface area contributed by atoms with Gasteiger partial charge in [-0.1, -0.05) is 115 Å². The summed E-state index contributed by atoms with van der Waals surface area (Å²) in [5.74, 6) is 0. The van der Waals surface area contributed by atoms with Gasteiger partial charge in [0.2, 0.25) is 0 Å².